The average Bonchev–Trinajstić information content (AvgIpc) is 2.87. The van der Waals surface area contributed by atoms with Crippen LogP contribution in [0.5, 0.6) is 5.75 Å². The van der Waals surface area contributed by atoms with Gasteiger partial charge in [0.1, 0.15) is 5.75 Å². The first-order chi connectivity index (χ1) is 17.1. The van der Waals surface area contributed by atoms with Crippen molar-refractivity contribution < 1.29 is 14.9 Å². The zero-order valence-electron chi connectivity index (χ0n) is 22.0. The van der Waals surface area contributed by atoms with E-state index in [4.69, 9.17) is 4.74 Å². The number of nitrogens with one attached hydrogen (secondary N) is 1. The second-order valence-corrected chi connectivity index (χ2v) is 9.00. The molecule has 0 spiro atoms. The van der Waals surface area contributed by atoms with E-state index in [0.717, 1.165) is 61.1 Å². The standard InChI is InChI=1S/C19H27N3O3.C10H18/c1-25-15-4-5-18-17(11-15)16(6-7-21-18)19(24)12-22-9-2-3-14(13-23)20-8-10-22;1-4-7-9-10(6-3)8-5-2/h4-7,11,14,19-20,23-24H,2-3,8-10,12-13H2,1H3;6-7,9H,4-5,8H2,1-3H3/b;9-7-,10-6-. The minimum absolute atomic E-state index is 0.188. The van der Waals surface area contributed by atoms with E-state index in [9.17, 15) is 10.2 Å². The monoisotopic (exact) mass is 483 g/mol. The highest BCUT2D eigenvalue weighted by molar-refractivity contribution is 5.83. The minimum atomic E-state index is -0.578. The molecule has 35 heavy (non-hydrogen) atoms. The van der Waals surface area contributed by atoms with E-state index in [1.165, 1.54) is 18.4 Å². The molecule has 2 heterocycles. The first-order valence-electron chi connectivity index (χ1n) is 13.0. The van der Waals surface area contributed by atoms with Crippen molar-refractivity contribution >= 4 is 10.9 Å². The number of allylic oxidation sites excluding steroid dienone is 4. The molecule has 1 aliphatic heterocycles. The van der Waals surface area contributed by atoms with Crippen LogP contribution in [0.4, 0.5) is 0 Å². The van der Waals surface area contributed by atoms with Gasteiger partial charge in [0.25, 0.3) is 0 Å². The zero-order chi connectivity index (χ0) is 25.5. The molecule has 1 saturated heterocycles. The number of rotatable bonds is 9. The lowest BCUT2D eigenvalue weighted by Gasteiger charge is -2.30. The Bertz CT molecular complexity index is 919. The molecule has 0 amide bonds. The number of aromatic nitrogens is 1. The van der Waals surface area contributed by atoms with Crippen LogP contribution >= 0.6 is 0 Å². The number of methoxy groups -OCH3 is 1. The minimum Gasteiger partial charge on any atom is -0.497 e. The van der Waals surface area contributed by atoms with Crippen LogP contribution in [0.1, 0.15) is 64.5 Å². The summed E-state index contributed by atoms with van der Waals surface area (Å²) in [5.41, 5.74) is 3.20. The van der Waals surface area contributed by atoms with Crippen LogP contribution in [0.3, 0.4) is 0 Å². The van der Waals surface area contributed by atoms with Crippen molar-refractivity contribution in [2.45, 2.75) is 65.0 Å². The molecule has 2 unspecified atom stereocenters. The van der Waals surface area contributed by atoms with Crippen LogP contribution < -0.4 is 10.1 Å². The number of hydrogen-bond acceptors (Lipinski definition) is 6. The molecule has 3 N–H and O–H groups in total. The number of pyridine rings is 1. The van der Waals surface area contributed by atoms with Crippen molar-refractivity contribution in [3.8, 4) is 5.75 Å². The first kappa shape index (κ1) is 29.0. The van der Waals surface area contributed by atoms with E-state index in [-0.39, 0.29) is 12.6 Å². The number of ether oxygens (including phenoxy) is 1. The number of aliphatic hydroxyl groups is 2. The smallest absolute Gasteiger partial charge is 0.119 e. The first-order valence-corrected chi connectivity index (χ1v) is 13.0. The fourth-order valence-corrected chi connectivity index (χ4v) is 4.33. The number of benzene rings is 1. The SMILES string of the molecule is C/C=C(\C=C/CC)CCC.COc1ccc2nccc(C(O)CN3CCCC(CO)NCC3)c2c1. The fourth-order valence-electron chi connectivity index (χ4n) is 4.33. The maximum Gasteiger partial charge on any atom is 0.119 e. The van der Waals surface area contributed by atoms with Crippen LogP contribution in [-0.2, 0) is 0 Å². The lowest BCUT2D eigenvalue weighted by molar-refractivity contribution is 0.105. The molecular weight excluding hydrogens is 438 g/mol. The predicted molar refractivity (Wildman–Crippen MR) is 146 cm³/mol. The second kappa shape index (κ2) is 16.4. The summed E-state index contributed by atoms with van der Waals surface area (Å²) >= 11 is 0. The second-order valence-electron chi connectivity index (χ2n) is 9.00. The molecule has 0 aliphatic carbocycles. The molecule has 1 fully saturated rings. The third-order valence-corrected chi connectivity index (χ3v) is 6.36. The summed E-state index contributed by atoms with van der Waals surface area (Å²) in [7, 11) is 1.64. The van der Waals surface area contributed by atoms with Crippen LogP contribution in [0, 0.1) is 0 Å². The highest BCUT2D eigenvalue weighted by Crippen LogP contribution is 2.27. The van der Waals surface area contributed by atoms with Gasteiger partial charge in [0, 0.05) is 37.3 Å². The Labute approximate surface area is 211 Å². The molecule has 194 valence electrons. The van der Waals surface area contributed by atoms with Crippen molar-refractivity contribution in [1.29, 1.82) is 0 Å². The van der Waals surface area contributed by atoms with Crippen LogP contribution in [0.2, 0.25) is 0 Å². The predicted octanol–water partition coefficient (Wildman–Crippen LogP) is 5.02. The number of aliphatic hydroxyl groups excluding tert-OH is 2. The summed E-state index contributed by atoms with van der Waals surface area (Å²) in [6, 6.07) is 7.81. The molecule has 2 atom stereocenters. The Morgan fingerprint density at radius 2 is 2.11 bits per heavy atom. The van der Waals surface area contributed by atoms with Gasteiger partial charge < -0.3 is 20.3 Å². The molecular formula is C29H45N3O3. The summed E-state index contributed by atoms with van der Waals surface area (Å²) in [5.74, 6) is 0.763. The molecule has 1 aliphatic rings. The van der Waals surface area contributed by atoms with Crippen LogP contribution in [0.15, 0.2) is 54.3 Å². The van der Waals surface area contributed by atoms with E-state index in [2.05, 4.69) is 54.2 Å². The molecule has 3 rings (SSSR count). The van der Waals surface area contributed by atoms with E-state index >= 15 is 0 Å². The number of hydrogen-bond donors (Lipinski definition) is 3. The number of β-amino-alcohol motifs (C(OH)–C–C–N with tert-alkyl or cyclic N) is 1. The van der Waals surface area contributed by atoms with E-state index < -0.39 is 6.10 Å². The summed E-state index contributed by atoms with van der Waals surface area (Å²) in [6.07, 6.45) is 13.4. The van der Waals surface area contributed by atoms with Gasteiger partial charge in [-0.15, -0.1) is 0 Å². The lowest BCUT2D eigenvalue weighted by Crippen LogP contribution is -2.43. The lowest BCUT2D eigenvalue weighted by atomic mass is 10.0. The van der Waals surface area contributed by atoms with E-state index in [1.807, 2.05) is 24.3 Å². The van der Waals surface area contributed by atoms with E-state index in [0.29, 0.717) is 6.54 Å². The van der Waals surface area contributed by atoms with Gasteiger partial charge in [-0.2, -0.15) is 0 Å². The van der Waals surface area contributed by atoms with Gasteiger partial charge in [0.2, 0.25) is 0 Å². The van der Waals surface area contributed by atoms with Gasteiger partial charge in [-0.1, -0.05) is 44.1 Å². The van der Waals surface area contributed by atoms with Gasteiger partial charge in [-0.25, -0.2) is 0 Å². The Morgan fingerprint density at radius 3 is 2.80 bits per heavy atom. The van der Waals surface area contributed by atoms with Gasteiger partial charge in [0.15, 0.2) is 0 Å². The quantitative estimate of drug-likeness (QED) is 0.435. The molecule has 0 saturated carbocycles. The number of nitrogens with zero attached hydrogens (tertiary/aromatic N) is 2. The largest absolute Gasteiger partial charge is 0.497 e. The third kappa shape index (κ3) is 9.73. The highest BCUT2D eigenvalue weighted by atomic mass is 16.5. The van der Waals surface area contributed by atoms with Crippen molar-refractivity contribution in [3.63, 3.8) is 0 Å². The summed E-state index contributed by atoms with van der Waals surface area (Å²) in [5, 5.41) is 24.4. The molecule has 1 aromatic heterocycles. The molecule has 6 nitrogen and oxygen atoms in total. The average molecular weight is 484 g/mol. The number of fused-ring (bicyclic) bond motifs is 1. The van der Waals surface area contributed by atoms with Gasteiger partial charge in [0.05, 0.1) is 25.3 Å². The Hall–Kier alpha value is -2.25. The van der Waals surface area contributed by atoms with Gasteiger partial charge >= 0.3 is 0 Å². The normalized spacial score (nSPS) is 18.6. The van der Waals surface area contributed by atoms with Crippen molar-refractivity contribution in [1.82, 2.24) is 15.2 Å². The maximum absolute atomic E-state index is 10.8. The topological polar surface area (TPSA) is 77.9 Å². The maximum atomic E-state index is 10.8. The Morgan fingerprint density at radius 1 is 1.29 bits per heavy atom. The van der Waals surface area contributed by atoms with Gasteiger partial charge in [-0.3, -0.25) is 9.88 Å². The molecule has 2 aromatic rings. The van der Waals surface area contributed by atoms with Crippen molar-refractivity contribution in [2.24, 2.45) is 0 Å². The fraction of sp³-hybridized carbons (Fsp3) is 0.552. The summed E-state index contributed by atoms with van der Waals surface area (Å²) in [4.78, 5) is 6.65. The van der Waals surface area contributed by atoms with Crippen LogP contribution in [-0.4, -0.2) is 66.0 Å². The Kier molecular flexibility index (Phi) is 13.6. The Balaban J connectivity index is 0.000000367. The van der Waals surface area contributed by atoms with Crippen molar-refractivity contribution in [2.75, 3.05) is 39.9 Å². The van der Waals surface area contributed by atoms with E-state index in [1.54, 1.807) is 13.3 Å². The summed E-state index contributed by atoms with van der Waals surface area (Å²) < 4.78 is 5.31. The van der Waals surface area contributed by atoms with Crippen LogP contribution in [0.25, 0.3) is 10.9 Å². The third-order valence-electron chi connectivity index (χ3n) is 6.36. The molecule has 6 heteroatoms. The molecule has 0 bridgehead atoms. The summed E-state index contributed by atoms with van der Waals surface area (Å²) in [6.45, 7) is 9.86. The molecule has 0 radical (unpaired) electrons. The molecule has 1 aromatic carbocycles. The van der Waals surface area contributed by atoms with Crippen molar-refractivity contribution in [3.05, 3.63) is 59.8 Å². The van der Waals surface area contributed by atoms with Gasteiger partial charge in [-0.05, 0) is 69.0 Å². The highest BCUT2D eigenvalue weighted by Gasteiger charge is 2.19. The zero-order valence-corrected chi connectivity index (χ0v) is 22.0.